The number of ketones is 1. The largest absolute Gasteiger partial charge is 0.350 e. The number of carbonyl (C=O) groups excluding carboxylic acids is 3. The summed E-state index contributed by atoms with van der Waals surface area (Å²) in [6.45, 7) is 2.00. The summed E-state index contributed by atoms with van der Waals surface area (Å²) in [6.07, 6.45) is 0.243. The van der Waals surface area contributed by atoms with Crippen LogP contribution in [0.1, 0.15) is 23.7 Å². The lowest BCUT2D eigenvalue weighted by atomic mass is 10.1. The molecule has 8 heteroatoms. The first-order valence-electron chi connectivity index (χ1n) is 9.20. The molecule has 29 heavy (non-hydrogen) atoms. The van der Waals surface area contributed by atoms with E-state index in [9.17, 15) is 14.4 Å². The second-order valence-corrected chi connectivity index (χ2v) is 7.01. The maximum Gasteiger partial charge on any atom is 0.267 e. The first-order chi connectivity index (χ1) is 14.0. The molecule has 2 aromatic rings. The van der Waals surface area contributed by atoms with Gasteiger partial charge in [-0.15, -0.1) is 0 Å². The highest BCUT2D eigenvalue weighted by Crippen LogP contribution is 2.24. The van der Waals surface area contributed by atoms with Gasteiger partial charge in [-0.1, -0.05) is 29.8 Å². The molecule has 1 unspecified atom stereocenters. The molecule has 7 nitrogen and oxygen atoms in total. The molecule has 0 bridgehead atoms. The molecule has 0 aromatic heterocycles. The summed E-state index contributed by atoms with van der Waals surface area (Å²) in [5, 5.41) is 11.9. The molecule has 1 aliphatic heterocycles. The van der Waals surface area contributed by atoms with Crippen molar-refractivity contribution in [3.63, 3.8) is 0 Å². The van der Waals surface area contributed by atoms with Gasteiger partial charge in [-0.25, -0.2) is 0 Å². The van der Waals surface area contributed by atoms with E-state index in [0.717, 1.165) is 5.69 Å². The minimum atomic E-state index is -0.497. The molecule has 0 spiro atoms. The molecule has 3 rings (SSSR count). The number of carbonyl (C=O) groups is 3. The Labute approximate surface area is 173 Å². The Bertz CT molecular complexity index is 929. The van der Waals surface area contributed by atoms with Crippen LogP contribution in [0.25, 0.3) is 0 Å². The second kappa shape index (κ2) is 9.34. The molecule has 150 valence electrons. The molecule has 2 amide bonds. The smallest absolute Gasteiger partial charge is 0.267 e. The number of nitrogens with zero attached hydrogens (tertiary/aromatic N) is 2. The van der Waals surface area contributed by atoms with Gasteiger partial charge in [-0.3, -0.25) is 19.4 Å². The van der Waals surface area contributed by atoms with E-state index in [2.05, 4.69) is 15.7 Å². The highest BCUT2D eigenvalue weighted by molar-refractivity contribution is 6.40. The number of hydrogen-bond acceptors (Lipinski definition) is 5. The van der Waals surface area contributed by atoms with Crippen LogP contribution in [0, 0.1) is 0 Å². The van der Waals surface area contributed by atoms with Gasteiger partial charge in [0, 0.05) is 30.1 Å². The number of hydrazone groups is 1. The first kappa shape index (κ1) is 20.5. The normalized spacial score (nSPS) is 15.6. The number of rotatable bonds is 7. The van der Waals surface area contributed by atoms with Gasteiger partial charge in [0.2, 0.25) is 0 Å². The molecule has 2 aromatic carbocycles. The van der Waals surface area contributed by atoms with E-state index in [1.165, 1.54) is 6.92 Å². The Morgan fingerprint density at radius 1 is 1.00 bits per heavy atom. The zero-order valence-electron chi connectivity index (χ0n) is 15.9. The number of anilines is 1. The Morgan fingerprint density at radius 2 is 1.62 bits per heavy atom. The molecule has 0 saturated carbocycles. The van der Waals surface area contributed by atoms with Gasteiger partial charge in [0.1, 0.15) is 11.8 Å². The Morgan fingerprint density at radius 3 is 2.24 bits per heavy atom. The summed E-state index contributed by atoms with van der Waals surface area (Å²) in [5.41, 5.74) is 1.53. The van der Waals surface area contributed by atoms with Crippen molar-refractivity contribution in [2.45, 2.75) is 19.4 Å². The fraction of sp³-hybridized carbons (Fsp3) is 0.238. The number of amides is 2. The third-order valence-electron chi connectivity index (χ3n) is 4.46. The topological polar surface area (TPSA) is 90.9 Å². The number of nitrogens with one attached hydrogen (secondary N) is 2. The van der Waals surface area contributed by atoms with Crippen LogP contribution in [0.4, 0.5) is 5.69 Å². The van der Waals surface area contributed by atoms with Crippen molar-refractivity contribution in [3.8, 4) is 0 Å². The molecule has 0 saturated heterocycles. The predicted octanol–water partition coefficient (Wildman–Crippen LogP) is 2.41. The fourth-order valence-electron chi connectivity index (χ4n) is 2.94. The summed E-state index contributed by atoms with van der Waals surface area (Å²) in [7, 11) is 0. The van der Waals surface area contributed by atoms with Crippen molar-refractivity contribution in [2.24, 2.45) is 5.10 Å². The average Bonchev–Trinajstić information content (AvgIpc) is 3.18. The molecule has 1 atom stereocenters. The number of hydrogen-bond donors (Lipinski definition) is 2. The summed E-state index contributed by atoms with van der Waals surface area (Å²) >= 11 is 5.80. The van der Waals surface area contributed by atoms with Crippen LogP contribution in [0.3, 0.4) is 0 Å². The van der Waals surface area contributed by atoms with Crippen molar-refractivity contribution in [3.05, 3.63) is 65.2 Å². The lowest BCUT2D eigenvalue weighted by molar-refractivity contribution is -0.118. The van der Waals surface area contributed by atoms with Crippen molar-refractivity contribution in [1.82, 2.24) is 10.6 Å². The highest BCUT2D eigenvalue weighted by Gasteiger charge is 2.33. The van der Waals surface area contributed by atoms with E-state index in [1.54, 1.807) is 29.3 Å². The van der Waals surface area contributed by atoms with E-state index in [4.69, 9.17) is 11.6 Å². The van der Waals surface area contributed by atoms with Gasteiger partial charge in [-0.05, 0) is 43.3 Å². The highest BCUT2D eigenvalue weighted by atomic mass is 35.5. The lowest BCUT2D eigenvalue weighted by Crippen LogP contribution is -2.38. The minimum absolute atomic E-state index is 0.0596. The van der Waals surface area contributed by atoms with Gasteiger partial charge in [0.05, 0.1) is 5.69 Å². The van der Waals surface area contributed by atoms with Crippen LogP contribution in [0.5, 0.6) is 0 Å². The quantitative estimate of drug-likeness (QED) is 0.683. The van der Waals surface area contributed by atoms with Gasteiger partial charge in [0.25, 0.3) is 11.8 Å². The van der Waals surface area contributed by atoms with Crippen LogP contribution >= 0.6 is 11.6 Å². The molecule has 2 N–H and O–H groups in total. The Kier molecular flexibility index (Phi) is 6.61. The van der Waals surface area contributed by atoms with Crippen molar-refractivity contribution in [2.75, 3.05) is 18.1 Å². The van der Waals surface area contributed by atoms with Crippen LogP contribution in [0.15, 0.2) is 59.7 Å². The maximum atomic E-state index is 12.4. The van der Waals surface area contributed by atoms with Crippen molar-refractivity contribution in [1.29, 1.82) is 0 Å². The fourth-order valence-corrected chi connectivity index (χ4v) is 3.07. The van der Waals surface area contributed by atoms with E-state index in [-0.39, 0.29) is 42.8 Å². The molecular formula is C21H21ClN4O3. The number of Topliss-reactive ketones (excluding diaryl/α,β-unsaturated/α-hetero) is 1. The predicted molar refractivity (Wildman–Crippen MR) is 112 cm³/mol. The monoisotopic (exact) mass is 412 g/mol. The maximum absolute atomic E-state index is 12.4. The Balaban J connectivity index is 1.53. The molecule has 1 aliphatic rings. The Hall–Kier alpha value is -3.19. The van der Waals surface area contributed by atoms with Crippen LogP contribution in [-0.4, -0.2) is 42.4 Å². The molecule has 0 fully saturated rings. The minimum Gasteiger partial charge on any atom is -0.350 e. The van der Waals surface area contributed by atoms with Gasteiger partial charge >= 0.3 is 0 Å². The number of halogens is 1. The van der Waals surface area contributed by atoms with E-state index < -0.39 is 6.04 Å². The summed E-state index contributed by atoms with van der Waals surface area (Å²) in [4.78, 5) is 36.5. The van der Waals surface area contributed by atoms with Crippen LogP contribution in [-0.2, 0) is 9.59 Å². The van der Waals surface area contributed by atoms with Gasteiger partial charge in [0.15, 0.2) is 5.78 Å². The van der Waals surface area contributed by atoms with Gasteiger partial charge in [-0.2, -0.15) is 5.10 Å². The molecule has 0 aliphatic carbocycles. The zero-order valence-corrected chi connectivity index (χ0v) is 16.6. The van der Waals surface area contributed by atoms with Crippen LogP contribution < -0.4 is 15.6 Å². The first-order valence-corrected chi connectivity index (χ1v) is 9.57. The molecular weight excluding hydrogens is 392 g/mol. The van der Waals surface area contributed by atoms with Gasteiger partial charge < -0.3 is 10.6 Å². The third-order valence-corrected chi connectivity index (χ3v) is 4.72. The molecule has 0 radical (unpaired) electrons. The summed E-state index contributed by atoms with van der Waals surface area (Å²) < 4.78 is 0. The average molecular weight is 413 g/mol. The molecule has 1 heterocycles. The number of para-hydroxylation sites is 1. The number of benzene rings is 2. The lowest BCUT2D eigenvalue weighted by Gasteiger charge is -2.20. The third kappa shape index (κ3) is 5.20. The summed E-state index contributed by atoms with van der Waals surface area (Å²) in [5.74, 6) is -0.660. The van der Waals surface area contributed by atoms with E-state index in [0.29, 0.717) is 10.6 Å². The summed E-state index contributed by atoms with van der Waals surface area (Å²) in [6, 6.07) is 15.3. The second-order valence-electron chi connectivity index (χ2n) is 6.58. The van der Waals surface area contributed by atoms with E-state index >= 15 is 0 Å². The SMILES string of the molecule is CC(=O)C1CC(C(=O)NCCNC(=O)c2ccc(Cl)cc2)=NN1c1ccccc1. The standard InChI is InChI=1S/C21H21ClN4O3/c1-14(27)19-13-18(25-26(19)17-5-3-2-4-6-17)21(29)24-12-11-23-20(28)15-7-9-16(22)10-8-15/h2-10,19H,11-13H2,1H3,(H,23,28)(H,24,29). The zero-order chi connectivity index (χ0) is 20.8. The van der Waals surface area contributed by atoms with E-state index in [1.807, 2.05) is 30.3 Å². The van der Waals surface area contributed by atoms with Crippen LogP contribution in [0.2, 0.25) is 5.02 Å². The van der Waals surface area contributed by atoms with Crippen molar-refractivity contribution >= 4 is 40.6 Å². The van der Waals surface area contributed by atoms with Crippen molar-refractivity contribution < 1.29 is 14.4 Å².